The smallest absolute Gasteiger partial charge is 0.244 e. The fourth-order valence-corrected chi connectivity index (χ4v) is 2.48. The van der Waals surface area contributed by atoms with Crippen molar-refractivity contribution in [2.45, 2.75) is 38.7 Å². The molecule has 24 heavy (non-hydrogen) atoms. The summed E-state index contributed by atoms with van der Waals surface area (Å²) in [5.74, 6) is -0.366. The van der Waals surface area contributed by atoms with E-state index in [-0.39, 0.29) is 30.8 Å². The minimum Gasteiger partial charge on any atom is -0.376 e. The van der Waals surface area contributed by atoms with Gasteiger partial charge in [0.15, 0.2) is 0 Å². The summed E-state index contributed by atoms with van der Waals surface area (Å²) < 4.78 is 5.44. The van der Waals surface area contributed by atoms with Crippen LogP contribution in [0.2, 0.25) is 5.02 Å². The highest BCUT2D eigenvalue weighted by Crippen LogP contribution is 2.11. The second-order valence-corrected chi connectivity index (χ2v) is 6.24. The normalized spacial score (nSPS) is 17.6. The van der Waals surface area contributed by atoms with Crippen LogP contribution in [0, 0.1) is 0 Å². The van der Waals surface area contributed by atoms with Crippen LogP contribution in [0.15, 0.2) is 29.4 Å². The van der Waals surface area contributed by atoms with E-state index in [1.807, 2.05) is 0 Å². The van der Waals surface area contributed by atoms with Gasteiger partial charge in [0.2, 0.25) is 11.8 Å². The summed E-state index contributed by atoms with van der Waals surface area (Å²) in [6, 6.07) is 7.04. The molecule has 0 unspecified atom stereocenters. The summed E-state index contributed by atoms with van der Waals surface area (Å²) in [5, 5.41) is 7.40. The van der Waals surface area contributed by atoms with E-state index >= 15 is 0 Å². The molecule has 7 heteroatoms. The predicted molar refractivity (Wildman–Crippen MR) is 93.0 cm³/mol. The molecule has 0 spiro atoms. The van der Waals surface area contributed by atoms with Gasteiger partial charge in [-0.2, -0.15) is 5.10 Å². The maximum Gasteiger partial charge on any atom is 0.244 e. The summed E-state index contributed by atoms with van der Waals surface area (Å²) >= 11 is 5.80. The van der Waals surface area contributed by atoms with Crippen LogP contribution < -0.4 is 10.7 Å². The number of hydrogen-bond acceptors (Lipinski definition) is 4. The Morgan fingerprint density at radius 1 is 1.29 bits per heavy atom. The van der Waals surface area contributed by atoms with Crippen molar-refractivity contribution in [3.8, 4) is 0 Å². The number of nitrogens with one attached hydrogen (secondary N) is 2. The Bertz CT molecular complexity index is 596. The number of nitrogens with zero attached hydrogens (tertiary/aromatic N) is 1. The predicted octanol–water partition coefficient (Wildman–Crippen LogP) is 2.06. The van der Waals surface area contributed by atoms with E-state index in [0.717, 1.165) is 25.0 Å². The Labute approximate surface area is 146 Å². The Morgan fingerprint density at radius 3 is 2.71 bits per heavy atom. The third kappa shape index (κ3) is 6.68. The van der Waals surface area contributed by atoms with E-state index in [1.165, 1.54) is 0 Å². The number of ether oxygens (including phenoxy) is 1. The Hall–Kier alpha value is -1.92. The van der Waals surface area contributed by atoms with Gasteiger partial charge < -0.3 is 10.1 Å². The number of halogens is 1. The number of hydrogen-bond donors (Lipinski definition) is 2. The molecule has 2 amide bonds. The molecule has 0 radical (unpaired) electrons. The van der Waals surface area contributed by atoms with Crippen molar-refractivity contribution in [3.63, 3.8) is 0 Å². The van der Waals surface area contributed by atoms with Gasteiger partial charge in [-0.05, 0) is 37.5 Å². The molecule has 0 aromatic heterocycles. The number of benzene rings is 1. The van der Waals surface area contributed by atoms with Gasteiger partial charge >= 0.3 is 0 Å². The molecule has 1 aromatic carbocycles. The third-order valence-electron chi connectivity index (χ3n) is 3.62. The van der Waals surface area contributed by atoms with E-state index < -0.39 is 0 Å². The average Bonchev–Trinajstić information content (AvgIpc) is 3.07. The van der Waals surface area contributed by atoms with Crippen LogP contribution in [-0.4, -0.2) is 36.8 Å². The molecule has 1 saturated heterocycles. The van der Waals surface area contributed by atoms with Gasteiger partial charge in [-0.1, -0.05) is 23.7 Å². The van der Waals surface area contributed by atoms with Gasteiger partial charge in [0, 0.05) is 23.9 Å². The maximum atomic E-state index is 11.8. The number of rotatable bonds is 7. The highest BCUT2D eigenvalue weighted by molar-refractivity contribution is 6.30. The summed E-state index contributed by atoms with van der Waals surface area (Å²) in [6.45, 7) is 2.99. The molecule has 0 bridgehead atoms. The molecule has 0 aliphatic carbocycles. The zero-order valence-corrected chi connectivity index (χ0v) is 14.4. The van der Waals surface area contributed by atoms with Gasteiger partial charge in [0.1, 0.15) is 0 Å². The first kappa shape index (κ1) is 18.4. The van der Waals surface area contributed by atoms with Crippen molar-refractivity contribution in [2.24, 2.45) is 5.10 Å². The molecule has 1 atom stereocenters. The summed E-state index contributed by atoms with van der Waals surface area (Å²) in [5.41, 5.74) is 3.85. The summed E-state index contributed by atoms with van der Waals surface area (Å²) in [4.78, 5) is 23.6. The van der Waals surface area contributed by atoms with Crippen molar-refractivity contribution in [2.75, 3.05) is 13.2 Å². The van der Waals surface area contributed by atoms with Crippen molar-refractivity contribution in [1.29, 1.82) is 0 Å². The standard InChI is InChI=1S/C17H22ClN3O3/c1-12(9-16(22)19-11-15-3-2-8-24-15)20-21-17(23)10-13-4-6-14(18)7-5-13/h4-7,15H,2-3,8-11H2,1H3,(H,19,22)(H,21,23)/t15-/m1/s1. The molecule has 1 aliphatic heterocycles. The first-order valence-corrected chi connectivity index (χ1v) is 8.35. The Kier molecular flexibility index (Phi) is 7.21. The van der Waals surface area contributed by atoms with E-state index in [0.29, 0.717) is 17.3 Å². The van der Waals surface area contributed by atoms with E-state index in [9.17, 15) is 9.59 Å². The molecule has 130 valence electrons. The van der Waals surface area contributed by atoms with Crippen molar-refractivity contribution < 1.29 is 14.3 Å². The fourth-order valence-electron chi connectivity index (χ4n) is 2.35. The van der Waals surface area contributed by atoms with Crippen LogP contribution in [0.3, 0.4) is 0 Å². The third-order valence-corrected chi connectivity index (χ3v) is 3.87. The maximum absolute atomic E-state index is 11.8. The molecule has 1 aromatic rings. The SMILES string of the molecule is CC(CC(=O)NC[C@H]1CCCO1)=NNC(=O)Cc1ccc(Cl)cc1. The lowest BCUT2D eigenvalue weighted by Crippen LogP contribution is -2.33. The second kappa shape index (κ2) is 9.39. The molecular formula is C17H22ClN3O3. The Morgan fingerprint density at radius 2 is 2.04 bits per heavy atom. The Balaban J connectivity index is 1.68. The number of carbonyl (C=O) groups excluding carboxylic acids is 2. The van der Waals surface area contributed by atoms with Gasteiger partial charge in [-0.15, -0.1) is 0 Å². The van der Waals surface area contributed by atoms with Crippen molar-refractivity contribution in [1.82, 2.24) is 10.7 Å². The topological polar surface area (TPSA) is 79.8 Å². The summed E-state index contributed by atoms with van der Waals surface area (Å²) in [6.07, 6.45) is 2.49. The van der Waals surface area contributed by atoms with Gasteiger partial charge in [-0.25, -0.2) is 5.43 Å². The highest BCUT2D eigenvalue weighted by atomic mass is 35.5. The van der Waals surface area contributed by atoms with Crippen LogP contribution in [0.5, 0.6) is 0 Å². The molecule has 0 saturated carbocycles. The van der Waals surface area contributed by atoms with Crippen LogP contribution in [0.25, 0.3) is 0 Å². The lowest BCUT2D eigenvalue weighted by atomic mass is 10.1. The average molecular weight is 352 g/mol. The lowest BCUT2D eigenvalue weighted by molar-refractivity contribution is -0.121. The molecule has 2 N–H and O–H groups in total. The summed E-state index contributed by atoms with van der Waals surface area (Å²) in [7, 11) is 0. The van der Waals surface area contributed by atoms with E-state index in [4.69, 9.17) is 16.3 Å². The van der Waals surface area contributed by atoms with Crippen molar-refractivity contribution in [3.05, 3.63) is 34.9 Å². The van der Waals surface area contributed by atoms with Gasteiger partial charge in [0.05, 0.1) is 18.9 Å². The minimum atomic E-state index is -0.239. The van der Waals surface area contributed by atoms with Gasteiger partial charge in [-0.3, -0.25) is 9.59 Å². The quantitative estimate of drug-likeness (QED) is 0.583. The van der Waals surface area contributed by atoms with Gasteiger partial charge in [0.25, 0.3) is 0 Å². The fraction of sp³-hybridized carbons (Fsp3) is 0.471. The lowest BCUT2D eigenvalue weighted by Gasteiger charge is -2.10. The molecular weight excluding hydrogens is 330 g/mol. The zero-order valence-electron chi connectivity index (χ0n) is 13.7. The van der Waals surface area contributed by atoms with Crippen LogP contribution in [-0.2, 0) is 20.7 Å². The molecule has 1 heterocycles. The van der Waals surface area contributed by atoms with E-state index in [1.54, 1.807) is 31.2 Å². The zero-order chi connectivity index (χ0) is 17.4. The van der Waals surface area contributed by atoms with Crippen molar-refractivity contribution >= 4 is 29.1 Å². The second-order valence-electron chi connectivity index (χ2n) is 5.80. The monoisotopic (exact) mass is 351 g/mol. The van der Waals surface area contributed by atoms with Crippen LogP contribution in [0.1, 0.15) is 31.7 Å². The molecule has 6 nitrogen and oxygen atoms in total. The number of hydrazone groups is 1. The number of amides is 2. The van der Waals surface area contributed by atoms with E-state index in [2.05, 4.69) is 15.8 Å². The number of carbonyl (C=O) groups is 2. The highest BCUT2D eigenvalue weighted by Gasteiger charge is 2.16. The first-order valence-electron chi connectivity index (χ1n) is 7.97. The molecule has 1 fully saturated rings. The largest absolute Gasteiger partial charge is 0.376 e. The minimum absolute atomic E-state index is 0.116. The van der Waals surface area contributed by atoms with Crippen LogP contribution >= 0.6 is 11.6 Å². The molecule has 2 rings (SSSR count). The first-order chi connectivity index (χ1) is 11.5. The van der Waals surface area contributed by atoms with Crippen LogP contribution in [0.4, 0.5) is 0 Å². The molecule has 1 aliphatic rings.